The largest absolute Gasteiger partial charge is 0.494 e. The first kappa shape index (κ1) is 21.7. The molecule has 0 unspecified atom stereocenters. The van der Waals surface area contributed by atoms with Gasteiger partial charge in [-0.3, -0.25) is 4.79 Å². The van der Waals surface area contributed by atoms with Crippen LogP contribution in [0.15, 0.2) is 47.8 Å². The van der Waals surface area contributed by atoms with Crippen molar-refractivity contribution < 1.29 is 28.5 Å². The summed E-state index contributed by atoms with van der Waals surface area (Å²) in [7, 11) is 0. The predicted molar refractivity (Wildman–Crippen MR) is 122 cm³/mol. The van der Waals surface area contributed by atoms with Crippen LogP contribution in [-0.2, 0) is 4.74 Å². The van der Waals surface area contributed by atoms with E-state index < -0.39 is 5.97 Å². The number of amides is 1. The number of rotatable bonds is 8. The van der Waals surface area contributed by atoms with Gasteiger partial charge in [0.15, 0.2) is 11.5 Å². The SMILES string of the molecule is CCCOC(=O)c1c(-c2ccc(OCC)cc2)csc1NC(=O)c1ccc2c(c1)OCO2. The first-order valence-corrected chi connectivity index (χ1v) is 11.2. The van der Waals surface area contributed by atoms with Crippen LogP contribution in [0.5, 0.6) is 17.2 Å². The first-order chi connectivity index (χ1) is 15.6. The fraction of sp³-hybridized carbons (Fsp3) is 0.250. The lowest BCUT2D eigenvalue weighted by atomic mass is 10.0. The molecule has 0 radical (unpaired) electrons. The van der Waals surface area contributed by atoms with E-state index in [9.17, 15) is 9.59 Å². The van der Waals surface area contributed by atoms with E-state index in [1.54, 1.807) is 18.2 Å². The molecule has 3 aromatic rings. The first-order valence-electron chi connectivity index (χ1n) is 10.3. The van der Waals surface area contributed by atoms with Gasteiger partial charge in [-0.05, 0) is 49.2 Å². The van der Waals surface area contributed by atoms with Crippen LogP contribution in [0.25, 0.3) is 11.1 Å². The summed E-state index contributed by atoms with van der Waals surface area (Å²) in [5.74, 6) is 1.03. The van der Waals surface area contributed by atoms with Crippen molar-refractivity contribution >= 4 is 28.2 Å². The molecule has 1 N–H and O–H groups in total. The Kier molecular flexibility index (Phi) is 6.61. The molecule has 166 valence electrons. The molecule has 1 aliphatic rings. The molecule has 0 bridgehead atoms. The van der Waals surface area contributed by atoms with Crippen LogP contribution in [-0.4, -0.2) is 31.9 Å². The van der Waals surface area contributed by atoms with Crippen LogP contribution in [0.3, 0.4) is 0 Å². The molecule has 7 nitrogen and oxygen atoms in total. The lowest BCUT2D eigenvalue weighted by molar-refractivity contribution is 0.0507. The topological polar surface area (TPSA) is 83.1 Å². The zero-order valence-electron chi connectivity index (χ0n) is 17.8. The number of thiophene rings is 1. The van der Waals surface area contributed by atoms with Crippen molar-refractivity contribution in [3.63, 3.8) is 0 Å². The third kappa shape index (κ3) is 4.55. The maximum absolute atomic E-state index is 12.9. The third-order valence-corrected chi connectivity index (χ3v) is 5.67. The lowest BCUT2D eigenvalue weighted by Crippen LogP contribution is -2.15. The van der Waals surface area contributed by atoms with Gasteiger partial charge in [-0.2, -0.15) is 0 Å². The number of anilines is 1. The molecule has 0 aliphatic carbocycles. The van der Waals surface area contributed by atoms with Crippen molar-refractivity contribution in [2.75, 3.05) is 25.3 Å². The van der Waals surface area contributed by atoms with Gasteiger partial charge >= 0.3 is 5.97 Å². The number of hydrogen-bond acceptors (Lipinski definition) is 7. The number of benzene rings is 2. The quantitative estimate of drug-likeness (QED) is 0.462. The average molecular weight is 454 g/mol. The van der Waals surface area contributed by atoms with Crippen molar-refractivity contribution in [2.45, 2.75) is 20.3 Å². The Bertz CT molecular complexity index is 1120. The number of nitrogens with one attached hydrogen (secondary N) is 1. The minimum atomic E-state index is -0.474. The van der Waals surface area contributed by atoms with E-state index in [0.717, 1.165) is 11.3 Å². The monoisotopic (exact) mass is 453 g/mol. The number of carbonyl (C=O) groups excluding carboxylic acids is 2. The molecule has 32 heavy (non-hydrogen) atoms. The molecule has 0 saturated heterocycles. The predicted octanol–water partition coefficient (Wildman–Crippen LogP) is 5.36. The van der Waals surface area contributed by atoms with E-state index in [-0.39, 0.29) is 12.7 Å². The average Bonchev–Trinajstić information content (AvgIpc) is 3.44. The Labute approximate surface area is 189 Å². The fourth-order valence-electron chi connectivity index (χ4n) is 3.24. The van der Waals surface area contributed by atoms with Crippen molar-refractivity contribution in [3.8, 4) is 28.4 Å². The van der Waals surface area contributed by atoms with Gasteiger partial charge < -0.3 is 24.3 Å². The molecule has 2 aromatic carbocycles. The number of fused-ring (bicyclic) bond motifs is 1. The van der Waals surface area contributed by atoms with Gasteiger partial charge in [-0.15, -0.1) is 11.3 Å². The maximum Gasteiger partial charge on any atom is 0.341 e. The molecule has 0 fully saturated rings. The second kappa shape index (κ2) is 9.74. The Morgan fingerprint density at radius 1 is 1.06 bits per heavy atom. The summed E-state index contributed by atoms with van der Waals surface area (Å²) >= 11 is 1.28. The summed E-state index contributed by atoms with van der Waals surface area (Å²) in [6.07, 6.45) is 0.702. The number of ether oxygens (including phenoxy) is 4. The van der Waals surface area contributed by atoms with E-state index in [1.165, 1.54) is 11.3 Å². The van der Waals surface area contributed by atoms with Crippen molar-refractivity contribution in [2.24, 2.45) is 0 Å². The molecule has 1 aromatic heterocycles. The smallest absolute Gasteiger partial charge is 0.341 e. The maximum atomic E-state index is 12.9. The molecule has 1 aliphatic heterocycles. The summed E-state index contributed by atoms with van der Waals surface area (Å²) in [6.45, 7) is 4.85. The molecular weight excluding hydrogens is 430 g/mol. The van der Waals surface area contributed by atoms with E-state index >= 15 is 0 Å². The molecule has 0 atom stereocenters. The van der Waals surface area contributed by atoms with Gasteiger partial charge in [-0.25, -0.2) is 4.79 Å². The summed E-state index contributed by atoms with van der Waals surface area (Å²) in [5.41, 5.74) is 2.26. The molecule has 8 heteroatoms. The Balaban J connectivity index is 1.63. The van der Waals surface area contributed by atoms with E-state index in [4.69, 9.17) is 18.9 Å². The fourth-order valence-corrected chi connectivity index (χ4v) is 4.19. The Hall–Kier alpha value is -3.52. The summed E-state index contributed by atoms with van der Waals surface area (Å²) in [6, 6.07) is 12.4. The highest BCUT2D eigenvalue weighted by molar-refractivity contribution is 7.15. The summed E-state index contributed by atoms with van der Waals surface area (Å²) in [4.78, 5) is 25.8. The van der Waals surface area contributed by atoms with E-state index in [0.29, 0.717) is 52.8 Å². The van der Waals surface area contributed by atoms with Crippen LogP contribution in [0.4, 0.5) is 5.00 Å². The summed E-state index contributed by atoms with van der Waals surface area (Å²) < 4.78 is 21.5. The van der Waals surface area contributed by atoms with E-state index in [1.807, 2.05) is 43.5 Å². The highest BCUT2D eigenvalue weighted by atomic mass is 32.1. The van der Waals surface area contributed by atoms with Gasteiger partial charge in [0.2, 0.25) is 6.79 Å². The highest BCUT2D eigenvalue weighted by Gasteiger charge is 2.24. The number of hydrogen-bond donors (Lipinski definition) is 1. The normalized spacial score (nSPS) is 11.8. The molecule has 4 rings (SSSR count). The van der Waals surface area contributed by atoms with E-state index in [2.05, 4.69) is 5.32 Å². The van der Waals surface area contributed by atoms with Gasteiger partial charge in [-0.1, -0.05) is 19.1 Å². The van der Waals surface area contributed by atoms with Crippen molar-refractivity contribution in [1.29, 1.82) is 0 Å². The summed E-state index contributed by atoms with van der Waals surface area (Å²) in [5, 5.41) is 5.12. The third-order valence-electron chi connectivity index (χ3n) is 4.77. The van der Waals surface area contributed by atoms with Crippen LogP contribution >= 0.6 is 11.3 Å². The van der Waals surface area contributed by atoms with Crippen LogP contribution in [0, 0.1) is 0 Å². The lowest BCUT2D eigenvalue weighted by Gasteiger charge is -2.10. The van der Waals surface area contributed by atoms with Gasteiger partial charge in [0.1, 0.15) is 16.3 Å². The molecular formula is C24H23NO6S. The second-order valence-corrected chi connectivity index (χ2v) is 7.85. The molecule has 0 spiro atoms. The second-order valence-electron chi connectivity index (χ2n) is 6.97. The van der Waals surface area contributed by atoms with Crippen molar-refractivity contribution in [3.05, 3.63) is 59.0 Å². The van der Waals surface area contributed by atoms with Crippen LogP contribution in [0.1, 0.15) is 41.0 Å². The Morgan fingerprint density at radius 2 is 1.84 bits per heavy atom. The van der Waals surface area contributed by atoms with Gasteiger partial charge in [0.25, 0.3) is 5.91 Å². The highest BCUT2D eigenvalue weighted by Crippen LogP contribution is 2.38. The zero-order chi connectivity index (χ0) is 22.5. The molecule has 2 heterocycles. The van der Waals surface area contributed by atoms with Gasteiger partial charge in [0, 0.05) is 16.5 Å². The minimum absolute atomic E-state index is 0.129. The van der Waals surface area contributed by atoms with Crippen molar-refractivity contribution in [1.82, 2.24) is 0 Å². The number of carbonyl (C=O) groups is 2. The standard InChI is InChI=1S/C24H23NO6S/c1-3-11-29-24(27)21-18(15-5-8-17(9-6-15)28-4-2)13-32-23(21)25-22(26)16-7-10-19-20(12-16)31-14-30-19/h5-10,12-13H,3-4,11,14H2,1-2H3,(H,25,26). The minimum Gasteiger partial charge on any atom is -0.494 e. The zero-order valence-corrected chi connectivity index (χ0v) is 18.6. The Morgan fingerprint density at radius 3 is 2.59 bits per heavy atom. The van der Waals surface area contributed by atoms with Crippen LogP contribution in [0.2, 0.25) is 0 Å². The molecule has 1 amide bonds. The van der Waals surface area contributed by atoms with Gasteiger partial charge in [0.05, 0.1) is 13.2 Å². The number of esters is 1. The van der Waals surface area contributed by atoms with Crippen LogP contribution < -0.4 is 19.5 Å². The molecule has 0 saturated carbocycles.